The molecule has 1 heterocycles. The Labute approximate surface area is 159 Å². The number of likely N-dealkylation sites (tertiary alicyclic amines) is 1. The second-order valence-electron chi connectivity index (χ2n) is 6.46. The van der Waals surface area contributed by atoms with E-state index >= 15 is 0 Å². The van der Waals surface area contributed by atoms with Gasteiger partial charge in [0, 0.05) is 24.0 Å². The van der Waals surface area contributed by atoms with Gasteiger partial charge in [0.25, 0.3) is 0 Å². The highest BCUT2D eigenvalue weighted by Crippen LogP contribution is 2.27. The number of nitrogens with two attached hydrogens (primary N) is 1. The van der Waals surface area contributed by atoms with E-state index in [0.717, 1.165) is 10.6 Å². The second kappa shape index (κ2) is 8.26. The van der Waals surface area contributed by atoms with Gasteiger partial charge < -0.3 is 10.6 Å². The van der Waals surface area contributed by atoms with Crippen molar-refractivity contribution in [1.29, 1.82) is 0 Å². The van der Waals surface area contributed by atoms with Gasteiger partial charge in [-0.05, 0) is 37.5 Å². The molecule has 0 aliphatic carbocycles. The third kappa shape index (κ3) is 4.67. The lowest BCUT2D eigenvalue weighted by atomic mass is 9.95. The summed E-state index contributed by atoms with van der Waals surface area (Å²) in [5.41, 5.74) is 5.68. The van der Waals surface area contributed by atoms with E-state index in [1.807, 2.05) is 0 Å². The van der Waals surface area contributed by atoms with Gasteiger partial charge in [0.15, 0.2) is 0 Å². The van der Waals surface area contributed by atoms with Gasteiger partial charge in [-0.3, -0.25) is 13.9 Å². The van der Waals surface area contributed by atoms with Gasteiger partial charge in [-0.1, -0.05) is 24.6 Å². The van der Waals surface area contributed by atoms with Crippen LogP contribution in [0.3, 0.4) is 0 Å². The first kappa shape index (κ1) is 20.5. The molecule has 9 heteroatoms. The summed E-state index contributed by atoms with van der Waals surface area (Å²) in [6, 6.07) is 5.56. The van der Waals surface area contributed by atoms with Crippen LogP contribution in [0.1, 0.15) is 26.2 Å². The van der Waals surface area contributed by atoms with Crippen molar-refractivity contribution in [1.82, 2.24) is 4.90 Å². The fourth-order valence-corrected chi connectivity index (χ4v) is 4.63. The lowest BCUT2D eigenvalue weighted by Crippen LogP contribution is -2.53. The number of carbonyl (C=O) groups excluding carboxylic acids is 2. The second-order valence-corrected chi connectivity index (χ2v) is 8.76. The number of hydrogen-bond donors (Lipinski definition) is 1. The van der Waals surface area contributed by atoms with Crippen molar-refractivity contribution in [3.63, 3.8) is 0 Å². The van der Waals surface area contributed by atoms with Crippen molar-refractivity contribution in [2.24, 2.45) is 11.7 Å². The van der Waals surface area contributed by atoms with Crippen molar-refractivity contribution in [3.8, 4) is 0 Å². The summed E-state index contributed by atoms with van der Waals surface area (Å²) in [7, 11) is -3.70. The van der Waals surface area contributed by atoms with E-state index in [0.29, 0.717) is 43.1 Å². The van der Waals surface area contributed by atoms with Crippen LogP contribution in [0.15, 0.2) is 24.3 Å². The molecule has 1 fully saturated rings. The van der Waals surface area contributed by atoms with Gasteiger partial charge in [0.1, 0.15) is 6.04 Å². The zero-order valence-corrected chi connectivity index (χ0v) is 16.5. The van der Waals surface area contributed by atoms with Gasteiger partial charge in [-0.15, -0.1) is 0 Å². The van der Waals surface area contributed by atoms with Crippen LogP contribution in [0.25, 0.3) is 0 Å². The molecule has 1 saturated heterocycles. The van der Waals surface area contributed by atoms with Crippen LogP contribution in [0.4, 0.5) is 5.69 Å². The summed E-state index contributed by atoms with van der Waals surface area (Å²) in [6.45, 7) is 2.54. The molecule has 1 aliphatic rings. The number of carbonyl (C=O) groups is 2. The molecule has 2 amide bonds. The summed E-state index contributed by atoms with van der Waals surface area (Å²) in [5, 5.41) is 0.390. The molecule has 0 spiro atoms. The Kier molecular flexibility index (Phi) is 6.52. The van der Waals surface area contributed by atoms with Crippen molar-refractivity contribution >= 4 is 39.1 Å². The number of anilines is 1. The van der Waals surface area contributed by atoms with Crippen LogP contribution in [-0.4, -0.2) is 50.5 Å². The Bertz CT molecular complexity index is 776. The normalized spacial score (nSPS) is 17.0. The molecule has 1 unspecified atom stereocenters. The quantitative estimate of drug-likeness (QED) is 0.782. The molecule has 0 aromatic heterocycles. The average molecular weight is 402 g/mol. The SMILES string of the molecule is CCC(C(=O)N1CCC(C(N)=O)CC1)N(c1cccc(Cl)c1)S(C)(=O)=O. The summed E-state index contributed by atoms with van der Waals surface area (Å²) >= 11 is 6.00. The molecule has 26 heavy (non-hydrogen) atoms. The Hall–Kier alpha value is -1.80. The molecule has 1 aliphatic heterocycles. The number of rotatable bonds is 6. The maximum atomic E-state index is 13.0. The van der Waals surface area contributed by atoms with E-state index in [1.54, 1.807) is 30.0 Å². The summed E-state index contributed by atoms with van der Waals surface area (Å²) in [6.07, 6.45) is 2.37. The molecule has 0 radical (unpaired) electrons. The van der Waals surface area contributed by atoms with Crippen molar-refractivity contribution in [3.05, 3.63) is 29.3 Å². The highest BCUT2D eigenvalue weighted by Gasteiger charge is 2.36. The highest BCUT2D eigenvalue weighted by atomic mass is 35.5. The van der Waals surface area contributed by atoms with Crippen LogP contribution < -0.4 is 10.0 Å². The van der Waals surface area contributed by atoms with E-state index in [-0.39, 0.29) is 17.7 Å². The summed E-state index contributed by atoms with van der Waals surface area (Å²) in [4.78, 5) is 25.9. The Morgan fingerprint density at radius 2 is 1.96 bits per heavy atom. The number of nitrogens with zero attached hydrogens (tertiary/aromatic N) is 2. The molecular formula is C17H24ClN3O4S. The molecule has 1 aromatic rings. The van der Waals surface area contributed by atoms with Crippen LogP contribution in [0, 0.1) is 5.92 Å². The predicted molar refractivity (Wildman–Crippen MR) is 101 cm³/mol. The Morgan fingerprint density at radius 1 is 1.35 bits per heavy atom. The van der Waals surface area contributed by atoms with E-state index < -0.39 is 16.1 Å². The maximum absolute atomic E-state index is 13.0. The fraction of sp³-hybridized carbons (Fsp3) is 0.529. The molecule has 7 nitrogen and oxygen atoms in total. The van der Waals surface area contributed by atoms with E-state index in [2.05, 4.69) is 0 Å². The van der Waals surface area contributed by atoms with Crippen molar-refractivity contribution < 1.29 is 18.0 Å². The summed E-state index contributed by atoms with van der Waals surface area (Å²) in [5.74, 6) is -0.875. The van der Waals surface area contributed by atoms with Gasteiger partial charge >= 0.3 is 0 Å². The number of benzene rings is 1. The summed E-state index contributed by atoms with van der Waals surface area (Å²) < 4.78 is 26.0. The zero-order chi connectivity index (χ0) is 19.5. The largest absolute Gasteiger partial charge is 0.369 e. The number of hydrogen-bond acceptors (Lipinski definition) is 4. The van der Waals surface area contributed by atoms with E-state index in [4.69, 9.17) is 17.3 Å². The molecule has 2 rings (SSSR count). The lowest BCUT2D eigenvalue weighted by molar-refractivity contribution is -0.135. The number of halogens is 1. The van der Waals surface area contributed by atoms with Gasteiger partial charge in [-0.2, -0.15) is 0 Å². The Morgan fingerprint density at radius 3 is 2.42 bits per heavy atom. The molecular weight excluding hydrogens is 378 g/mol. The molecule has 1 aromatic carbocycles. The first-order valence-corrected chi connectivity index (χ1v) is 10.7. The van der Waals surface area contributed by atoms with Gasteiger partial charge in [0.2, 0.25) is 21.8 Å². The molecule has 2 N–H and O–H groups in total. The lowest BCUT2D eigenvalue weighted by Gasteiger charge is -2.37. The Balaban J connectivity index is 2.28. The minimum absolute atomic E-state index is 0.238. The first-order valence-electron chi connectivity index (χ1n) is 8.48. The average Bonchev–Trinajstić information content (AvgIpc) is 2.57. The van der Waals surface area contributed by atoms with Crippen molar-refractivity contribution in [2.45, 2.75) is 32.2 Å². The minimum Gasteiger partial charge on any atom is -0.369 e. The molecule has 0 bridgehead atoms. The predicted octanol–water partition coefficient (Wildman–Crippen LogP) is 1.61. The van der Waals surface area contributed by atoms with Crippen molar-refractivity contribution in [2.75, 3.05) is 23.7 Å². The number of amides is 2. The minimum atomic E-state index is -3.70. The third-order valence-electron chi connectivity index (χ3n) is 4.58. The number of sulfonamides is 1. The maximum Gasteiger partial charge on any atom is 0.246 e. The molecule has 0 saturated carbocycles. The van der Waals surface area contributed by atoms with E-state index in [9.17, 15) is 18.0 Å². The zero-order valence-electron chi connectivity index (χ0n) is 14.9. The fourth-order valence-electron chi connectivity index (χ4n) is 3.25. The van der Waals surface area contributed by atoms with Gasteiger partial charge in [0.05, 0.1) is 11.9 Å². The molecule has 1 atom stereocenters. The van der Waals surface area contributed by atoms with E-state index in [1.165, 1.54) is 6.07 Å². The molecule has 144 valence electrons. The number of primary amides is 1. The monoisotopic (exact) mass is 401 g/mol. The van der Waals surface area contributed by atoms with Crippen LogP contribution in [0.5, 0.6) is 0 Å². The van der Waals surface area contributed by atoms with Crippen LogP contribution in [-0.2, 0) is 19.6 Å². The number of piperidine rings is 1. The smallest absolute Gasteiger partial charge is 0.246 e. The van der Waals surface area contributed by atoms with Crippen LogP contribution >= 0.6 is 11.6 Å². The van der Waals surface area contributed by atoms with Gasteiger partial charge in [-0.25, -0.2) is 8.42 Å². The topological polar surface area (TPSA) is 101 Å². The standard InChI is InChI=1S/C17H24ClN3O4S/c1-3-15(17(23)20-9-7-12(8-10-20)16(19)22)21(26(2,24)25)14-6-4-5-13(18)11-14/h4-6,11-12,15H,3,7-10H2,1-2H3,(H2,19,22). The first-order chi connectivity index (χ1) is 12.1. The van der Waals surface area contributed by atoms with Crippen LogP contribution in [0.2, 0.25) is 5.02 Å². The third-order valence-corrected chi connectivity index (χ3v) is 6.00. The highest BCUT2D eigenvalue weighted by molar-refractivity contribution is 7.92.